The van der Waals surface area contributed by atoms with Crippen LogP contribution in [0, 0.1) is 5.82 Å². The number of aromatic carboxylic acids is 1. The molecule has 0 unspecified atom stereocenters. The predicted octanol–water partition coefficient (Wildman–Crippen LogP) is 3.12. The summed E-state index contributed by atoms with van der Waals surface area (Å²) >= 11 is 0. The van der Waals surface area contributed by atoms with E-state index in [9.17, 15) is 9.18 Å². The quantitative estimate of drug-likeness (QED) is 0.796. The molecule has 5 heteroatoms. The number of ether oxygens (including phenoxy) is 2. The second-order valence-electron chi connectivity index (χ2n) is 4.32. The number of carboxylic acids is 1. The molecule has 21 heavy (non-hydrogen) atoms. The Hall–Kier alpha value is -2.40. The van der Waals surface area contributed by atoms with Gasteiger partial charge in [-0.15, -0.1) is 0 Å². The fraction of sp³-hybridized carbons (Fsp3) is 0.188. The van der Waals surface area contributed by atoms with Crippen LogP contribution < -0.4 is 4.74 Å². The van der Waals surface area contributed by atoms with Gasteiger partial charge in [0.2, 0.25) is 0 Å². The van der Waals surface area contributed by atoms with E-state index in [1.165, 1.54) is 18.2 Å². The van der Waals surface area contributed by atoms with Crippen molar-refractivity contribution >= 4 is 5.97 Å². The van der Waals surface area contributed by atoms with Crippen LogP contribution >= 0.6 is 0 Å². The van der Waals surface area contributed by atoms with Gasteiger partial charge in [0, 0.05) is 5.56 Å². The number of halogens is 1. The van der Waals surface area contributed by atoms with E-state index in [-0.39, 0.29) is 18.0 Å². The monoisotopic (exact) mass is 290 g/mol. The minimum Gasteiger partial charge on any atom is -0.491 e. The van der Waals surface area contributed by atoms with Crippen LogP contribution in [0.25, 0.3) is 0 Å². The van der Waals surface area contributed by atoms with Crippen LogP contribution in [0.4, 0.5) is 4.39 Å². The average molecular weight is 290 g/mol. The second kappa shape index (κ2) is 7.40. The third kappa shape index (κ3) is 4.57. The highest BCUT2D eigenvalue weighted by molar-refractivity contribution is 5.87. The molecule has 1 N–H and O–H groups in total. The van der Waals surface area contributed by atoms with Gasteiger partial charge in [0.1, 0.15) is 18.2 Å². The molecule has 0 radical (unpaired) electrons. The number of hydrogen-bond acceptors (Lipinski definition) is 3. The fourth-order valence-electron chi connectivity index (χ4n) is 1.71. The van der Waals surface area contributed by atoms with E-state index >= 15 is 0 Å². The number of rotatable bonds is 7. The van der Waals surface area contributed by atoms with Gasteiger partial charge in [0.15, 0.2) is 0 Å². The van der Waals surface area contributed by atoms with Crippen molar-refractivity contribution in [1.82, 2.24) is 0 Å². The summed E-state index contributed by atoms with van der Waals surface area (Å²) in [6, 6.07) is 12.5. The van der Waals surface area contributed by atoms with E-state index in [1.54, 1.807) is 30.3 Å². The van der Waals surface area contributed by atoms with Gasteiger partial charge in [-0.3, -0.25) is 0 Å². The summed E-state index contributed by atoms with van der Waals surface area (Å²) in [6.45, 7) is 0.809. The Bertz CT molecular complexity index is 595. The van der Waals surface area contributed by atoms with Crippen LogP contribution in [0.5, 0.6) is 5.75 Å². The molecule has 0 aliphatic rings. The van der Waals surface area contributed by atoms with Crippen LogP contribution in [-0.4, -0.2) is 24.3 Å². The molecule has 0 aromatic heterocycles. The molecule has 0 atom stereocenters. The largest absolute Gasteiger partial charge is 0.491 e. The molecule has 0 fully saturated rings. The minimum atomic E-state index is -0.977. The first-order valence-corrected chi connectivity index (χ1v) is 6.44. The van der Waals surface area contributed by atoms with Crippen molar-refractivity contribution in [3.63, 3.8) is 0 Å². The van der Waals surface area contributed by atoms with Crippen LogP contribution in [0.3, 0.4) is 0 Å². The van der Waals surface area contributed by atoms with Crippen LogP contribution in [0.1, 0.15) is 15.9 Å². The molecule has 0 spiro atoms. The van der Waals surface area contributed by atoms with Gasteiger partial charge in [0.05, 0.1) is 18.8 Å². The van der Waals surface area contributed by atoms with E-state index in [0.717, 1.165) is 0 Å². The average Bonchev–Trinajstić information content (AvgIpc) is 2.49. The van der Waals surface area contributed by atoms with Gasteiger partial charge in [-0.1, -0.05) is 18.2 Å². The molecule has 0 bridgehead atoms. The van der Waals surface area contributed by atoms with Crippen molar-refractivity contribution in [2.24, 2.45) is 0 Å². The molecule has 4 nitrogen and oxygen atoms in total. The van der Waals surface area contributed by atoms with Crippen molar-refractivity contribution in [2.45, 2.75) is 6.61 Å². The molecule has 0 aliphatic heterocycles. The summed E-state index contributed by atoms with van der Waals surface area (Å²) in [6.07, 6.45) is 0. The molecule has 0 aliphatic carbocycles. The van der Waals surface area contributed by atoms with Crippen LogP contribution in [0.2, 0.25) is 0 Å². The molecule has 2 aromatic carbocycles. The van der Waals surface area contributed by atoms with Crippen LogP contribution in [0.15, 0.2) is 48.5 Å². The van der Waals surface area contributed by atoms with E-state index in [4.69, 9.17) is 14.6 Å². The Labute approximate surface area is 121 Å². The van der Waals surface area contributed by atoms with Crippen molar-refractivity contribution in [3.8, 4) is 5.75 Å². The normalized spacial score (nSPS) is 10.3. The third-order valence-electron chi connectivity index (χ3n) is 2.81. The molecule has 110 valence electrons. The lowest BCUT2D eigenvalue weighted by Crippen LogP contribution is -2.07. The second-order valence-corrected chi connectivity index (χ2v) is 4.32. The lowest BCUT2D eigenvalue weighted by Gasteiger charge is -2.08. The number of carboxylic acid groups (broad SMARTS) is 1. The molecule has 2 aromatic rings. The summed E-state index contributed by atoms with van der Waals surface area (Å²) in [7, 11) is 0. The third-order valence-corrected chi connectivity index (χ3v) is 2.81. The molecule has 0 saturated carbocycles. The number of hydrogen-bond donors (Lipinski definition) is 1. The molecule has 2 rings (SSSR count). The highest BCUT2D eigenvalue weighted by atomic mass is 19.1. The van der Waals surface area contributed by atoms with Crippen molar-refractivity contribution in [2.75, 3.05) is 13.2 Å². The zero-order chi connectivity index (χ0) is 15.1. The van der Waals surface area contributed by atoms with Gasteiger partial charge in [0.25, 0.3) is 0 Å². The van der Waals surface area contributed by atoms with Crippen LogP contribution in [-0.2, 0) is 11.3 Å². The molecular formula is C16H15FO4. The predicted molar refractivity (Wildman–Crippen MR) is 75.0 cm³/mol. The number of benzene rings is 2. The highest BCUT2D eigenvalue weighted by Crippen LogP contribution is 2.12. The Morgan fingerprint density at radius 2 is 1.76 bits per heavy atom. The van der Waals surface area contributed by atoms with E-state index < -0.39 is 5.97 Å². The summed E-state index contributed by atoms with van der Waals surface area (Å²) in [4.78, 5) is 10.7. The number of carbonyl (C=O) groups is 1. The fourth-order valence-corrected chi connectivity index (χ4v) is 1.71. The Morgan fingerprint density at radius 1 is 1.05 bits per heavy atom. The lowest BCUT2D eigenvalue weighted by molar-refractivity contribution is 0.0696. The first-order chi connectivity index (χ1) is 10.2. The van der Waals surface area contributed by atoms with E-state index in [1.807, 2.05) is 0 Å². The smallest absolute Gasteiger partial charge is 0.335 e. The van der Waals surface area contributed by atoms with Gasteiger partial charge in [-0.05, 0) is 30.3 Å². The van der Waals surface area contributed by atoms with Gasteiger partial charge in [-0.2, -0.15) is 0 Å². The van der Waals surface area contributed by atoms with Gasteiger partial charge < -0.3 is 14.6 Å². The van der Waals surface area contributed by atoms with Gasteiger partial charge in [-0.25, -0.2) is 9.18 Å². The minimum absolute atomic E-state index is 0.188. The molecule has 0 amide bonds. The maximum absolute atomic E-state index is 13.3. The maximum atomic E-state index is 13.3. The van der Waals surface area contributed by atoms with E-state index in [0.29, 0.717) is 24.5 Å². The molecule has 0 saturated heterocycles. The Morgan fingerprint density at radius 3 is 2.43 bits per heavy atom. The zero-order valence-electron chi connectivity index (χ0n) is 11.3. The van der Waals surface area contributed by atoms with E-state index in [2.05, 4.69) is 0 Å². The standard InChI is InChI=1S/C16H15FO4/c17-15-4-2-1-3-13(15)11-20-9-10-21-14-7-5-12(6-8-14)16(18)19/h1-8H,9-11H2,(H,18,19). The molecule has 0 heterocycles. The summed E-state index contributed by atoms with van der Waals surface area (Å²) in [5.41, 5.74) is 0.710. The molecular weight excluding hydrogens is 275 g/mol. The Kier molecular flexibility index (Phi) is 5.29. The Balaban J connectivity index is 1.70. The van der Waals surface area contributed by atoms with Crippen molar-refractivity contribution in [3.05, 3.63) is 65.5 Å². The zero-order valence-corrected chi connectivity index (χ0v) is 11.3. The first kappa shape index (κ1) is 15.0. The topological polar surface area (TPSA) is 55.8 Å². The first-order valence-electron chi connectivity index (χ1n) is 6.44. The highest BCUT2D eigenvalue weighted by Gasteiger charge is 2.03. The summed E-state index contributed by atoms with van der Waals surface area (Å²) in [5, 5.41) is 8.76. The SMILES string of the molecule is O=C(O)c1ccc(OCCOCc2ccccc2F)cc1. The summed E-state index contributed by atoms with van der Waals surface area (Å²) < 4.78 is 24.0. The van der Waals surface area contributed by atoms with Crippen molar-refractivity contribution < 1.29 is 23.8 Å². The van der Waals surface area contributed by atoms with Crippen molar-refractivity contribution in [1.29, 1.82) is 0 Å². The van der Waals surface area contributed by atoms with Gasteiger partial charge >= 0.3 is 5.97 Å². The lowest BCUT2D eigenvalue weighted by atomic mass is 10.2. The maximum Gasteiger partial charge on any atom is 0.335 e. The summed E-state index contributed by atoms with van der Waals surface area (Å²) in [5.74, 6) is -0.702.